The molecular formula is C19H30N6O2. The van der Waals surface area contributed by atoms with Crippen LogP contribution in [0.3, 0.4) is 0 Å². The number of methoxy groups -OCH3 is 1. The van der Waals surface area contributed by atoms with Gasteiger partial charge in [-0.05, 0) is 41.6 Å². The Kier molecular flexibility index (Phi) is 7.14. The monoisotopic (exact) mass is 374 g/mol. The number of rotatable bonds is 9. The predicted molar refractivity (Wildman–Crippen MR) is 103 cm³/mol. The zero-order valence-corrected chi connectivity index (χ0v) is 16.5. The number of hydrogen-bond donors (Lipinski definition) is 0. The lowest BCUT2D eigenvalue weighted by molar-refractivity contribution is 0.107. The highest BCUT2D eigenvalue weighted by molar-refractivity contribution is 5.32. The first-order valence-electron chi connectivity index (χ1n) is 9.71. The van der Waals surface area contributed by atoms with E-state index in [0.29, 0.717) is 19.8 Å². The maximum Gasteiger partial charge on any atom is 0.173 e. The van der Waals surface area contributed by atoms with Crippen LogP contribution in [0.5, 0.6) is 5.75 Å². The minimum atomic E-state index is 0.0199. The molecule has 27 heavy (non-hydrogen) atoms. The molecule has 0 spiro atoms. The summed E-state index contributed by atoms with van der Waals surface area (Å²) in [5.41, 5.74) is 1.18. The highest BCUT2D eigenvalue weighted by Crippen LogP contribution is 2.29. The van der Waals surface area contributed by atoms with E-state index in [2.05, 4.69) is 44.4 Å². The Balaban J connectivity index is 1.88. The first kappa shape index (κ1) is 19.7. The molecule has 2 heterocycles. The quantitative estimate of drug-likeness (QED) is 0.658. The lowest BCUT2D eigenvalue weighted by atomic mass is 10.0. The average Bonchev–Trinajstić information content (AvgIpc) is 3.17. The summed E-state index contributed by atoms with van der Waals surface area (Å²) < 4.78 is 12.7. The van der Waals surface area contributed by atoms with Gasteiger partial charge in [0.1, 0.15) is 5.75 Å². The molecule has 1 aromatic heterocycles. The molecule has 1 saturated heterocycles. The smallest absolute Gasteiger partial charge is 0.173 e. The molecule has 0 aliphatic carbocycles. The van der Waals surface area contributed by atoms with E-state index in [1.807, 2.05) is 23.7 Å². The lowest BCUT2D eigenvalue weighted by Crippen LogP contribution is -2.48. The van der Waals surface area contributed by atoms with Crippen molar-refractivity contribution in [3.63, 3.8) is 0 Å². The summed E-state index contributed by atoms with van der Waals surface area (Å²) in [6.45, 7) is 11.3. The van der Waals surface area contributed by atoms with Gasteiger partial charge < -0.3 is 14.4 Å². The van der Waals surface area contributed by atoms with E-state index in [4.69, 9.17) is 9.47 Å². The van der Waals surface area contributed by atoms with Gasteiger partial charge in [-0.25, -0.2) is 4.68 Å². The van der Waals surface area contributed by atoms with Crippen LogP contribution in [-0.4, -0.2) is 83.1 Å². The van der Waals surface area contributed by atoms with Gasteiger partial charge in [-0.3, -0.25) is 4.90 Å². The average molecular weight is 374 g/mol. The van der Waals surface area contributed by atoms with Gasteiger partial charge in [0, 0.05) is 33.3 Å². The summed E-state index contributed by atoms with van der Waals surface area (Å²) in [6, 6.07) is 8.31. The van der Waals surface area contributed by atoms with Gasteiger partial charge in [0.25, 0.3) is 0 Å². The highest BCUT2D eigenvalue weighted by atomic mass is 16.5. The second-order valence-electron chi connectivity index (χ2n) is 6.63. The zero-order chi connectivity index (χ0) is 19.1. The fourth-order valence-electron chi connectivity index (χ4n) is 3.52. The first-order chi connectivity index (χ1) is 13.3. The number of tetrazole rings is 1. The number of hydrogen-bond acceptors (Lipinski definition) is 7. The highest BCUT2D eigenvalue weighted by Gasteiger charge is 2.30. The predicted octanol–water partition coefficient (Wildman–Crippen LogP) is 1.45. The maximum absolute atomic E-state index is 5.60. The second kappa shape index (κ2) is 9.77. The van der Waals surface area contributed by atoms with Gasteiger partial charge in [-0.1, -0.05) is 19.1 Å². The van der Waals surface area contributed by atoms with Crippen molar-refractivity contribution in [2.75, 3.05) is 53.0 Å². The van der Waals surface area contributed by atoms with Crippen molar-refractivity contribution >= 4 is 0 Å². The van der Waals surface area contributed by atoms with Gasteiger partial charge in [0.2, 0.25) is 0 Å². The van der Waals surface area contributed by atoms with Crippen molar-refractivity contribution < 1.29 is 9.47 Å². The van der Waals surface area contributed by atoms with Gasteiger partial charge in [-0.15, -0.1) is 5.10 Å². The third-order valence-electron chi connectivity index (χ3n) is 5.04. The Morgan fingerprint density at radius 1 is 1.07 bits per heavy atom. The summed E-state index contributed by atoms with van der Waals surface area (Å²) in [4.78, 5) is 4.94. The number of ether oxygens (including phenoxy) is 2. The Bertz CT molecular complexity index is 682. The molecule has 1 fully saturated rings. The fourth-order valence-corrected chi connectivity index (χ4v) is 3.52. The Morgan fingerprint density at radius 2 is 1.81 bits per heavy atom. The third-order valence-corrected chi connectivity index (χ3v) is 5.04. The molecule has 1 aliphatic rings. The molecule has 0 unspecified atom stereocenters. The summed E-state index contributed by atoms with van der Waals surface area (Å²) in [5, 5.41) is 12.5. The van der Waals surface area contributed by atoms with E-state index in [0.717, 1.165) is 44.3 Å². The van der Waals surface area contributed by atoms with Crippen LogP contribution >= 0.6 is 0 Å². The molecule has 0 bridgehead atoms. The molecular weight excluding hydrogens is 344 g/mol. The second-order valence-corrected chi connectivity index (χ2v) is 6.63. The summed E-state index contributed by atoms with van der Waals surface area (Å²) in [7, 11) is 1.69. The molecule has 148 valence electrons. The number of benzene rings is 1. The largest absolute Gasteiger partial charge is 0.494 e. The zero-order valence-electron chi connectivity index (χ0n) is 16.5. The number of nitrogens with zero attached hydrogens (tertiary/aromatic N) is 6. The van der Waals surface area contributed by atoms with E-state index < -0.39 is 0 Å². The summed E-state index contributed by atoms with van der Waals surface area (Å²) in [6.07, 6.45) is 0. The Labute approximate surface area is 161 Å². The molecule has 3 rings (SSSR count). The van der Waals surface area contributed by atoms with Crippen molar-refractivity contribution in [1.82, 2.24) is 30.0 Å². The SMILES string of the molecule is CCOc1ccc([C@H](c2nnnn2CCOC)N2CCN(CC)CC2)cc1. The Morgan fingerprint density at radius 3 is 2.44 bits per heavy atom. The van der Waals surface area contributed by atoms with E-state index in [1.165, 1.54) is 5.56 Å². The van der Waals surface area contributed by atoms with E-state index in [1.54, 1.807) is 7.11 Å². The van der Waals surface area contributed by atoms with Crippen LogP contribution in [0.25, 0.3) is 0 Å². The lowest BCUT2D eigenvalue weighted by Gasteiger charge is -2.38. The van der Waals surface area contributed by atoms with Crippen LogP contribution in [0, 0.1) is 0 Å². The maximum atomic E-state index is 5.60. The topological polar surface area (TPSA) is 68.5 Å². The van der Waals surface area contributed by atoms with Gasteiger partial charge in [-0.2, -0.15) is 0 Å². The summed E-state index contributed by atoms with van der Waals surface area (Å²) in [5.74, 6) is 1.75. The van der Waals surface area contributed by atoms with Crippen LogP contribution in [0.2, 0.25) is 0 Å². The van der Waals surface area contributed by atoms with Crippen molar-refractivity contribution in [2.45, 2.75) is 26.4 Å². The molecule has 8 nitrogen and oxygen atoms in total. The first-order valence-corrected chi connectivity index (χ1v) is 9.71. The van der Waals surface area contributed by atoms with E-state index >= 15 is 0 Å². The number of piperazine rings is 1. The fraction of sp³-hybridized carbons (Fsp3) is 0.632. The standard InChI is InChI=1S/C19H30N6O2/c1-4-23-10-12-24(13-11-23)18(16-6-8-17(9-7-16)27-5-2)19-20-21-22-25(19)14-15-26-3/h6-9,18H,4-5,10-15H2,1-3H3/t18-/m1/s1. The molecule has 0 amide bonds. The van der Waals surface area contributed by atoms with Crippen molar-refractivity contribution in [3.05, 3.63) is 35.7 Å². The molecule has 1 aliphatic heterocycles. The summed E-state index contributed by atoms with van der Waals surface area (Å²) >= 11 is 0. The van der Waals surface area contributed by atoms with Crippen LogP contribution < -0.4 is 4.74 Å². The van der Waals surface area contributed by atoms with Gasteiger partial charge in [0.15, 0.2) is 5.82 Å². The van der Waals surface area contributed by atoms with Crippen molar-refractivity contribution in [1.29, 1.82) is 0 Å². The minimum absolute atomic E-state index is 0.0199. The van der Waals surface area contributed by atoms with Crippen LogP contribution in [0.1, 0.15) is 31.3 Å². The Hall–Kier alpha value is -2.03. The molecule has 2 aromatic rings. The van der Waals surface area contributed by atoms with Gasteiger partial charge >= 0.3 is 0 Å². The van der Waals surface area contributed by atoms with Crippen molar-refractivity contribution in [3.8, 4) is 5.75 Å². The van der Waals surface area contributed by atoms with Gasteiger partial charge in [0.05, 0.1) is 25.8 Å². The molecule has 0 N–H and O–H groups in total. The number of likely N-dealkylation sites (N-methyl/N-ethyl adjacent to an activating group) is 1. The molecule has 1 atom stereocenters. The third kappa shape index (κ3) is 4.82. The molecule has 0 radical (unpaired) electrons. The molecule has 8 heteroatoms. The van der Waals surface area contributed by atoms with Crippen LogP contribution in [0.4, 0.5) is 0 Å². The van der Waals surface area contributed by atoms with E-state index in [9.17, 15) is 0 Å². The van der Waals surface area contributed by atoms with Crippen molar-refractivity contribution in [2.24, 2.45) is 0 Å². The van der Waals surface area contributed by atoms with Crippen LogP contribution in [0.15, 0.2) is 24.3 Å². The normalized spacial score (nSPS) is 17.1. The van der Waals surface area contributed by atoms with Crippen LogP contribution in [-0.2, 0) is 11.3 Å². The molecule has 0 saturated carbocycles. The number of aromatic nitrogens is 4. The van der Waals surface area contributed by atoms with E-state index in [-0.39, 0.29) is 6.04 Å². The minimum Gasteiger partial charge on any atom is -0.494 e. The molecule has 1 aromatic carbocycles.